The van der Waals surface area contributed by atoms with Crippen LogP contribution in [0.15, 0.2) is 58.0 Å². The standard InChI is InChI=1S/C18H16Br2O2/c1-21-15-8-3-13(4-9-15)5-12-17(18(19)20)14-6-10-16(22-2)11-7-14/h3-12H,1-2H3/b12-5+. The molecule has 2 rings (SSSR count). The molecule has 0 fully saturated rings. The molecule has 0 spiro atoms. The first-order chi connectivity index (χ1) is 10.6. The van der Waals surface area contributed by atoms with Crippen molar-refractivity contribution in [3.63, 3.8) is 0 Å². The minimum Gasteiger partial charge on any atom is -0.497 e. The third kappa shape index (κ3) is 4.49. The molecule has 0 bridgehead atoms. The fraction of sp³-hybridized carbons (Fsp3) is 0.111. The van der Waals surface area contributed by atoms with Crippen LogP contribution in [-0.2, 0) is 0 Å². The van der Waals surface area contributed by atoms with Gasteiger partial charge in [-0.1, -0.05) is 36.4 Å². The Kier molecular flexibility index (Phi) is 6.28. The summed E-state index contributed by atoms with van der Waals surface area (Å²) in [6, 6.07) is 15.9. The summed E-state index contributed by atoms with van der Waals surface area (Å²) < 4.78 is 11.3. The molecule has 0 saturated heterocycles. The maximum absolute atomic E-state index is 5.19. The van der Waals surface area contributed by atoms with Gasteiger partial charge in [0, 0.05) is 5.57 Å². The summed E-state index contributed by atoms with van der Waals surface area (Å²) in [5.41, 5.74) is 3.25. The summed E-state index contributed by atoms with van der Waals surface area (Å²) in [6.45, 7) is 0. The minimum atomic E-state index is 0.841. The molecule has 0 aliphatic carbocycles. The van der Waals surface area contributed by atoms with Crippen molar-refractivity contribution in [3.8, 4) is 11.5 Å². The van der Waals surface area contributed by atoms with Gasteiger partial charge in [-0.15, -0.1) is 0 Å². The number of halogens is 2. The summed E-state index contributed by atoms with van der Waals surface area (Å²) in [5.74, 6) is 1.69. The van der Waals surface area contributed by atoms with E-state index in [9.17, 15) is 0 Å². The normalized spacial score (nSPS) is 10.5. The van der Waals surface area contributed by atoms with Gasteiger partial charge in [-0.2, -0.15) is 0 Å². The van der Waals surface area contributed by atoms with Crippen LogP contribution in [-0.4, -0.2) is 14.2 Å². The second kappa shape index (κ2) is 8.20. The van der Waals surface area contributed by atoms with Crippen LogP contribution >= 0.6 is 31.9 Å². The number of hydrogen-bond acceptors (Lipinski definition) is 2. The summed E-state index contributed by atoms with van der Waals surface area (Å²) in [6.07, 6.45) is 4.12. The van der Waals surface area contributed by atoms with Crippen molar-refractivity contribution >= 4 is 43.5 Å². The van der Waals surface area contributed by atoms with Crippen LogP contribution in [0.4, 0.5) is 0 Å². The summed E-state index contributed by atoms with van der Waals surface area (Å²) in [5, 5.41) is 0. The molecule has 2 nitrogen and oxygen atoms in total. The van der Waals surface area contributed by atoms with E-state index in [-0.39, 0.29) is 0 Å². The minimum absolute atomic E-state index is 0.841. The third-order valence-electron chi connectivity index (χ3n) is 3.16. The van der Waals surface area contributed by atoms with Gasteiger partial charge in [-0.3, -0.25) is 0 Å². The molecule has 0 atom stereocenters. The van der Waals surface area contributed by atoms with Crippen LogP contribution in [0.25, 0.3) is 11.6 Å². The Balaban J connectivity index is 2.24. The maximum Gasteiger partial charge on any atom is 0.118 e. The molecule has 4 heteroatoms. The molecule has 0 aliphatic rings. The van der Waals surface area contributed by atoms with Gasteiger partial charge in [-0.05, 0) is 67.3 Å². The van der Waals surface area contributed by atoms with Crippen LogP contribution in [0.3, 0.4) is 0 Å². The van der Waals surface area contributed by atoms with E-state index >= 15 is 0 Å². The largest absolute Gasteiger partial charge is 0.497 e. The molecule has 0 saturated carbocycles. The Hall–Kier alpha value is -1.52. The predicted molar refractivity (Wildman–Crippen MR) is 99.8 cm³/mol. The van der Waals surface area contributed by atoms with Gasteiger partial charge in [-0.25, -0.2) is 0 Å². The highest BCUT2D eigenvalue weighted by Gasteiger charge is 2.03. The van der Waals surface area contributed by atoms with Gasteiger partial charge in [0.25, 0.3) is 0 Å². The van der Waals surface area contributed by atoms with E-state index in [4.69, 9.17) is 9.47 Å². The fourth-order valence-corrected chi connectivity index (χ4v) is 2.66. The lowest BCUT2D eigenvalue weighted by atomic mass is 10.1. The molecular formula is C18H16Br2O2. The Labute approximate surface area is 147 Å². The van der Waals surface area contributed by atoms with Crippen LogP contribution in [0.5, 0.6) is 11.5 Å². The van der Waals surface area contributed by atoms with E-state index in [1.807, 2.05) is 48.5 Å². The predicted octanol–water partition coefficient (Wildman–Crippen LogP) is 5.88. The van der Waals surface area contributed by atoms with Gasteiger partial charge in [0.2, 0.25) is 0 Å². The van der Waals surface area contributed by atoms with Crippen molar-refractivity contribution in [2.45, 2.75) is 0 Å². The number of allylic oxidation sites excluding steroid dienone is 2. The molecule has 0 heterocycles. The molecule has 22 heavy (non-hydrogen) atoms. The zero-order valence-corrected chi connectivity index (χ0v) is 15.5. The fourth-order valence-electron chi connectivity index (χ4n) is 1.93. The van der Waals surface area contributed by atoms with Crippen LogP contribution < -0.4 is 9.47 Å². The lowest BCUT2D eigenvalue weighted by Gasteiger charge is -2.06. The molecule has 0 amide bonds. The van der Waals surface area contributed by atoms with Gasteiger partial charge in [0.15, 0.2) is 0 Å². The highest BCUT2D eigenvalue weighted by Crippen LogP contribution is 2.30. The second-order valence-corrected chi connectivity index (χ2v) is 7.16. The Morgan fingerprint density at radius 3 is 1.77 bits per heavy atom. The smallest absolute Gasteiger partial charge is 0.118 e. The summed E-state index contributed by atoms with van der Waals surface area (Å²) in [4.78, 5) is 0. The van der Waals surface area contributed by atoms with E-state index in [0.717, 1.165) is 31.6 Å². The Morgan fingerprint density at radius 1 is 0.818 bits per heavy atom. The van der Waals surface area contributed by atoms with Crippen molar-refractivity contribution in [3.05, 3.63) is 69.1 Å². The molecule has 0 aliphatic heterocycles. The first-order valence-electron chi connectivity index (χ1n) is 6.66. The summed E-state index contributed by atoms with van der Waals surface area (Å²) in [7, 11) is 3.33. The van der Waals surface area contributed by atoms with E-state index in [1.54, 1.807) is 14.2 Å². The lowest BCUT2D eigenvalue weighted by Crippen LogP contribution is -1.85. The molecule has 2 aromatic carbocycles. The molecule has 0 aromatic heterocycles. The zero-order chi connectivity index (χ0) is 15.9. The first kappa shape index (κ1) is 16.8. The molecule has 0 N–H and O–H groups in total. The quantitative estimate of drug-likeness (QED) is 0.559. The molecule has 114 valence electrons. The molecule has 0 unspecified atom stereocenters. The second-order valence-electron chi connectivity index (χ2n) is 4.51. The monoisotopic (exact) mass is 422 g/mol. The van der Waals surface area contributed by atoms with Gasteiger partial charge >= 0.3 is 0 Å². The number of methoxy groups -OCH3 is 2. The van der Waals surface area contributed by atoms with Crippen LogP contribution in [0.1, 0.15) is 11.1 Å². The molecule has 2 aromatic rings. The van der Waals surface area contributed by atoms with Crippen LogP contribution in [0.2, 0.25) is 0 Å². The van der Waals surface area contributed by atoms with Crippen molar-refractivity contribution in [1.82, 2.24) is 0 Å². The van der Waals surface area contributed by atoms with E-state index in [0.29, 0.717) is 0 Å². The van der Waals surface area contributed by atoms with Gasteiger partial charge in [0.05, 0.1) is 17.6 Å². The van der Waals surface area contributed by atoms with Gasteiger partial charge in [0.1, 0.15) is 11.5 Å². The van der Waals surface area contributed by atoms with Crippen LogP contribution in [0, 0.1) is 0 Å². The first-order valence-corrected chi connectivity index (χ1v) is 8.24. The molecule has 0 radical (unpaired) electrons. The van der Waals surface area contributed by atoms with Crippen molar-refractivity contribution < 1.29 is 9.47 Å². The van der Waals surface area contributed by atoms with E-state index in [2.05, 4.69) is 44.0 Å². The third-order valence-corrected chi connectivity index (χ3v) is 4.02. The van der Waals surface area contributed by atoms with E-state index in [1.165, 1.54) is 0 Å². The average Bonchev–Trinajstić information content (AvgIpc) is 2.56. The SMILES string of the molecule is COc1ccc(/C=C/C(=C(Br)Br)c2ccc(OC)cc2)cc1. The Bertz CT molecular complexity index is 667. The van der Waals surface area contributed by atoms with Crippen molar-refractivity contribution in [1.29, 1.82) is 0 Å². The number of hydrogen-bond donors (Lipinski definition) is 0. The Morgan fingerprint density at radius 2 is 1.32 bits per heavy atom. The number of ether oxygens (including phenoxy) is 2. The average molecular weight is 424 g/mol. The number of benzene rings is 2. The zero-order valence-electron chi connectivity index (χ0n) is 12.3. The lowest BCUT2D eigenvalue weighted by molar-refractivity contribution is 0.414. The van der Waals surface area contributed by atoms with Gasteiger partial charge < -0.3 is 9.47 Å². The summed E-state index contributed by atoms with van der Waals surface area (Å²) >= 11 is 7.01. The maximum atomic E-state index is 5.19. The highest BCUT2D eigenvalue weighted by molar-refractivity contribution is 9.28. The highest BCUT2D eigenvalue weighted by atomic mass is 79.9. The van der Waals surface area contributed by atoms with E-state index < -0.39 is 0 Å². The number of rotatable bonds is 5. The van der Waals surface area contributed by atoms with Crippen molar-refractivity contribution in [2.75, 3.05) is 14.2 Å². The topological polar surface area (TPSA) is 18.5 Å². The molecular weight excluding hydrogens is 408 g/mol. The van der Waals surface area contributed by atoms with Crippen molar-refractivity contribution in [2.24, 2.45) is 0 Å².